The summed E-state index contributed by atoms with van der Waals surface area (Å²) in [4.78, 5) is 24.6. The van der Waals surface area contributed by atoms with Crippen molar-refractivity contribution in [3.63, 3.8) is 0 Å². The summed E-state index contributed by atoms with van der Waals surface area (Å²) in [5.41, 5.74) is 3.19. The molecule has 0 unspecified atom stereocenters. The van der Waals surface area contributed by atoms with Crippen LogP contribution in [0, 0.1) is 0 Å². The zero-order chi connectivity index (χ0) is 41.2. The minimum absolute atomic E-state index is 0.129. The first-order chi connectivity index (χ1) is 28.3. The molecule has 4 N–H and O–H groups in total. The number of aromatic carboxylic acids is 1. The molecule has 3 heterocycles. The number of carbonyl (C=O) groups excluding carboxylic acids is 1. The van der Waals surface area contributed by atoms with E-state index in [9.17, 15) is 18.0 Å². The standard InChI is InChI=1S/C22H26N2O4S.C21H26N2O3S.C2H4/c25-22-19-9-2-1-3-11-21(19)29(26,27)24(22)15-7-6-14-23-16-18-13-12-17-8-4-5-10-20(17)28-18;24-21(25)18-8-2-4-10-20(18)27-23-14-6-5-13-22-15-17-12-11-16-7-1-3-9-19(16)26-17;1-2/h2-5,8-11,18,23H,1,6-7,12-16H2;1-4,7-10,17,22-23H,5-6,11-15H2,(H,24,25);1-2H2/t18-;17-;/m11./s1. The molecule has 1 aliphatic carbocycles. The molecule has 3 aromatic carbocycles. The summed E-state index contributed by atoms with van der Waals surface area (Å²) < 4.78 is 41.6. The summed E-state index contributed by atoms with van der Waals surface area (Å²) in [5.74, 6) is 0.693. The van der Waals surface area contributed by atoms with E-state index >= 15 is 0 Å². The molecule has 0 aromatic heterocycles. The van der Waals surface area contributed by atoms with Gasteiger partial charge in [-0.05, 0) is 124 Å². The van der Waals surface area contributed by atoms with Crippen LogP contribution in [0.15, 0.2) is 126 Å². The Morgan fingerprint density at radius 3 is 1.97 bits per heavy atom. The monoisotopic (exact) mass is 828 g/mol. The van der Waals surface area contributed by atoms with Crippen molar-refractivity contribution in [2.75, 3.05) is 39.3 Å². The van der Waals surface area contributed by atoms with Crippen molar-refractivity contribution in [1.82, 2.24) is 19.7 Å². The number of aryl methyl sites for hydroxylation is 2. The van der Waals surface area contributed by atoms with Crippen molar-refractivity contribution in [1.29, 1.82) is 0 Å². The number of nitrogens with one attached hydrogen (secondary N) is 3. The van der Waals surface area contributed by atoms with Crippen LogP contribution in [0.5, 0.6) is 11.5 Å². The number of amides is 1. The second kappa shape index (κ2) is 23.1. The molecular weight excluding hydrogens is 773 g/mol. The van der Waals surface area contributed by atoms with Crippen molar-refractivity contribution < 1.29 is 32.6 Å². The van der Waals surface area contributed by atoms with Gasteiger partial charge in [-0.2, -0.15) is 0 Å². The number of hydrogen-bond acceptors (Lipinski definition) is 10. The molecule has 1 amide bonds. The van der Waals surface area contributed by atoms with Gasteiger partial charge < -0.3 is 25.2 Å². The normalized spacial score (nSPS) is 18.6. The number of allylic oxidation sites excluding steroid dienone is 3. The fourth-order valence-electron chi connectivity index (χ4n) is 6.98. The number of carbonyl (C=O) groups is 2. The molecule has 0 saturated heterocycles. The van der Waals surface area contributed by atoms with Gasteiger partial charge in [-0.1, -0.05) is 66.8 Å². The first-order valence-corrected chi connectivity index (χ1v) is 22.3. The lowest BCUT2D eigenvalue weighted by Crippen LogP contribution is -2.35. The van der Waals surface area contributed by atoms with E-state index in [-0.39, 0.29) is 29.2 Å². The molecule has 0 saturated carbocycles. The number of nitrogens with zero attached hydrogens (tertiary/aromatic N) is 1. The van der Waals surface area contributed by atoms with Gasteiger partial charge in [-0.25, -0.2) is 17.5 Å². The maximum atomic E-state index is 12.6. The van der Waals surface area contributed by atoms with Gasteiger partial charge in [-0.3, -0.25) is 9.52 Å². The number of fused-ring (bicyclic) bond motifs is 2. The van der Waals surface area contributed by atoms with Crippen LogP contribution < -0.4 is 24.8 Å². The summed E-state index contributed by atoms with van der Waals surface area (Å²) in [6, 6.07) is 23.5. The Kier molecular flexibility index (Phi) is 17.7. The number of carboxylic acids is 1. The zero-order valence-corrected chi connectivity index (χ0v) is 34.7. The van der Waals surface area contributed by atoms with E-state index in [1.165, 1.54) is 23.1 Å². The van der Waals surface area contributed by atoms with E-state index in [0.717, 1.165) is 98.4 Å². The average Bonchev–Trinajstić information content (AvgIpc) is 3.41. The molecule has 0 spiro atoms. The van der Waals surface area contributed by atoms with Crippen molar-refractivity contribution >= 4 is 33.8 Å². The number of sulfonamides is 1. The Labute approximate surface area is 347 Å². The maximum absolute atomic E-state index is 12.6. The summed E-state index contributed by atoms with van der Waals surface area (Å²) in [7, 11) is -3.71. The molecule has 3 aliphatic heterocycles. The number of benzene rings is 3. The van der Waals surface area contributed by atoms with E-state index in [1.54, 1.807) is 30.4 Å². The van der Waals surface area contributed by atoms with Gasteiger partial charge in [0.2, 0.25) is 0 Å². The number of ether oxygens (including phenoxy) is 2. The highest BCUT2D eigenvalue weighted by molar-refractivity contribution is 7.97. The van der Waals surface area contributed by atoms with E-state index < -0.39 is 21.9 Å². The van der Waals surface area contributed by atoms with Crippen LogP contribution in [0.1, 0.15) is 66.4 Å². The molecule has 0 radical (unpaired) electrons. The van der Waals surface area contributed by atoms with Gasteiger partial charge in [0.25, 0.3) is 15.9 Å². The summed E-state index contributed by atoms with van der Waals surface area (Å²) in [5, 5.41) is 16.0. The Bertz CT molecular complexity index is 2030. The van der Waals surface area contributed by atoms with Crippen molar-refractivity contribution in [3.8, 4) is 11.5 Å². The second-order valence-electron chi connectivity index (χ2n) is 14.1. The predicted octanol–water partition coefficient (Wildman–Crippen LogP) is 7.24. The third-order valence-corrected chi connectivity index (χ3v) is 12.8. The van der Waals surface area contributed by atoms with Gasteiger partial charge in [0.15, 0.2) is 0 Å². The lowest BCUT2D eigenvalue weighted by Gasteiger charge is -2.26. The van der Waals surface area contributed by atoms with Crippen LogP contribution in [-0.4, -0.2) is 81.2 Å². The van der Waals surface area contributed by atoms with Crippen molar-refractivity contribution in [2.24, 2.45) is 0 Å². The zero-order valence-electron chi connectivity index (χ0n) is 33.1. The number of hydrogen-bond donors (Lipinski definition) is 4. The molecule has 13 heteroatoms. The van der Waals surface area contributed by atoms with Crippen LogP contribution in [-0.2, 0) is 27.7 Å². The largest absolute Gasteiger partial charge is 0.489 e. The fraction of sp³-hybridized carbons (Fsp3) is 0.378. The molecule has 2 atom stereocenters. The summed E-state index contributed by atoms with van der Waals surface area (Å²) in [6.45, 7) is 10.4. The lowest BCUT2D eigenvalue weighted by atomic mass is 10.0. The average molecular weight is 829 g/mol. The second-order valence-corrected chi connectivity index (χ2v) is 16.9. The number of para-hydroxylation sites is 2. The Hall–Kier alpha value is -4.66. The Balaban J connectivity index is 0.000000213. The van der Waals surface area contributed by atoms with E-state index in [4.69, 9.17) is 14.6 Å². The minimum Gasteiger partial charge on any atom is -0.489 e. The smallest absolute Gasteiger partial charge is 0.336 e. The molecule has 11 nitrogen and oxygen atoms in total. The maximum Gasteiger partial charge on any atom is 0.336 e. The van der Waals surface area contributed by atoms with E-state index in [2.05, 4.69) is 46.7 Å². The summed E-state index contributed by atoms with van der Waals surface area (Å²) >= 11 is 1.38. The molecule has 3 aromatic rings. The highest BCUT2D eigenvalue weighted by atomic mass is 32.2. The van der Waals surface area contributed by atoms with Crippen LogP contribution >= 0.6 is 11.9 Å². The lowest BCUT2D eigenvalue weighted by molar-refractivity contribution is -0.121. The number of unbranched alkanes of at least 4 members (excludes halogenated alkanes) is 2. The van der Waals surface area contributed by atoms with E-state index in [1.807, 2.05) is 48.5 Å². The molecular formula is C45H56N4O7S2. The first-order valence-electron chi connectivity index (χ1n) is 20.1. The fourth-order valence-corrected chi connectivity index (χ4v) is 9.42. The molecule has 0 fully saturated rings. The molecule has 0 bridgehead atoms. The van der Waals surface area contributed by atoms with Crippen LogP contribution in [0.25, 0.3) is 0 Å². The Morgan fingerprint density at radius 1 is 0.776 bits per heavy atom. The van der Waals surface area contributed by atoms with Gasteiger partial charge in [0.1, 0.15) is 28.6 Å². The Morgan fingerprint density at radius 2 is 1.33 bits per heavy atom. The van der Waals surface area contributed by atoms with Gasteiger partial charge >= 0.3 is 5.97 Å². The minimum atomic E-state index is -3.71. The van der Waals surface area contributed by atoms with Crippen molar-refractivity contribution in [2.45, 2.75) is 74.9 Å². The number of carboxylic acid groups (broad SMARTS) is 1. The van der Waals surface area contributed by atoms with Crippen LogP contribution in [0.3, 0.4) is 0 Å². The molecule has 58 heavy (non-hydrogen) atoms. The van der Waals surface area contributed by atoms with Gasteiger partial charge in [0, 0.05) is 31.1 Å². The molecule has 4 aliphatic rings. The van der Waals surface area contributed by atoms with Gasteiger partial charge in [0.05, 0.1) is 11.1 Å². The van der Waals surface area contributed by atoms with Crippen LogP contribution in [0.4, 0.5) is 0 Å². The topological polar surface area (TPSA) is 146 Å². The summed E-state index contributed by atoms with van der Waals surface area (Å²) in [6.07, 6.45) is 15.5. The third kappa shape index (κ3) is 12.4. The van der Waals surface area contributed by atoms with Gasteiger partial charge in [-0.15, -0.1) is 13.2 Å². The third-order valence-electron chi connectivity index (χ3n) is 10.0. The van der Waals surface area contributed by atoms with E-state index in [0.29, 0.717) is 18.4 Å². The first kappa shape index (κ1) is 44.4. The molecule has 310 valence electrons. The molecule has 7 rings (SSSR count). The highest BCUT2D eigenvalue weighted by Crippen LogP contribution is 2.32. The highest BCUT2D eigenvalue weighted by Gasteiger charge is 2.41. The SMILES string of the molecule is C=C.O=C(O)c1ccccc1SNCCCCNC[C@H]1CCc2ccccc2O1.O=C1C2=C(C=CCC=C2)S(=O)(=O)N1CCCCNC[C@H]1CCc2ccccc2O1. The number of rotatable bonds is 17. The van der Waals surface area contributed by atoms with Crippen LogP contribution in [0.2, 0.25) is 0 Å². The quantitative estimate of drug-likeness (QED) is 0.0621. The predicted molar refractivity (Wildman–Crippen MR) is 232 cm³/mol. The van der Waals surface area contributed by atoms with Crippen molar-refractivity contribution in [3.05, 3.63) is 137 Å².